The topological polar surface area (TPSA) is 121 Å². The van der Waals surface area contributed by atoms with Gasteiger partial charge < -0.3 is 18.5 Å². The molecule has 0 aliphatic heterocycles. The summed E-state index contributed by atoms with van der Waals surface area (Å²) in [7, 11) is 0. The molecule has 1 N–H and O–H groups in total. The number of rotatable bonds is 11. The van der Waals surface area contributed by atoms with E-state index in [1.807, 2.05) is 38.1 Å². The maximum atomic E-state index is 13.8. The van der Waals surface area contributed by atoms with Crippen LogP contribution in [0.5, 0.6) is 11.5 Å². The highest BCUT2D eigenvalue weighted by molar-refractivity contribution is 5.92. The lowest BCUT2D eigenvalue weighted by molar-refractivity contribution is -0.386. The first-order valence-electron chi connectivity index (χ1n) is 13.2. The Hall–Kier alpha value is -5.71. The summed E-state index contributed by atoms with van der Waals surface area (Å²) in [5.74, 6) is 0.00970. The van der Waals surface area contributed by atoms with E-state index < -0.39 is 16.6 Å². The van der Waals surface area contributed by atoms with E-state index in [1.54, 1.807) is 18.2 Å². The lowest BCUT2D eigenvalue weighted by Gasteiger charge is -2.10. The Balaban J connectivity index is 1.14. The molecule has 0 atom stereocenters. The van der Waals surface area contributed by atoms with Crippen LogP contribution in [0.25, 0.3) is 5.69 Å². The summed E-state index contributed by atoms with van der Waals surface area (Å²) in [6.45, 7) is 4.04. The van der Waals surface area contributed by atoms with E-state index in [1.165, 1.54) is 42.6 Å². The average Bonchev–Trinajstić information content (AvgIpc) is 3.62. The molecular weight excluding hydrogens is 555 g/mol. The van der Waals surface area contributed by atoms with Crippen molar-refractivity contribution in [1.82, 2.24) is 9.99 Å². The number of carbonyl (C=O) groups excluding carboxylic acids is 1. The zero-order valence-corrected chi connectivity index (χ0v) is 23.3. The zero-order valence-electron chi connectivity index (χ0n) is 23.3. The summed E-state index contributed by atoms with van der Waals surface area (Å²) < 4.78 is 32.8. The van der Waals surface area contributed by atoms with Crippen molar-refractivity contribution in [3.8, 4) is 17.2 Å². The third-order valence-electron chi connectivity index (χ3n) is 6.53. The minimum absolute atomic E-state index is 0.0209. The first-order chi connectivity index (χ1) is 20.8. The predicted molar refractivity (Wildman–Crippen MR) is 157 cm³/mol. The molecule has 0 saturated heterocycles. The van der Waals surface area contributed by atoms with E-state index in [0.717, 1.165) is 17.1 Å². The highest BCUT2D eigenvalue weighted by atomic mass is 19.1. The number of nitrogens with one attached hydrogen (secondary N) is 1. The molecule has 43 heavy (non-hydrogen) atoms. The van der Waals surface area contributed by atoms with Gasteiger partial charge in [-0.15, -0.1) is 0 Å². The van der Waals surface area contributed by atoms with E-state index in [0.29, 0.717) is 17.1 Å². The Morgan fingerprint density at radius 2 is 1.72 bits per heavy atom. The first-order valence-corrected chi connectivity index (χ1v) is 13.2. The molecule has 0 saturated carbocycles. The van der Waals surface area contributed by atoms with Gasteiger partial charge in [0.25, 0.3) is 0 Å². The molecular formula is C32H27FN4O6. The number of furan rings is 1. The molecule has 0 unspecified atom stereocenters. The number of aryl methyl sites for hydroxylation is 2. The van der Waals surface area contributed by atoms with Gasteiger partial charge in [0, 0.05) is 34.3 Å². The van der Waals surface area contributed by atoms with Crippen LogP contribution in [0.3, 0.4) is 0 Å². The van der Waals surface area contributed by atoms with Gasteiger partial charge in [0.2, 0.25) is 0 Å². The Morgan fingerprint density at radius 3 is 2.44 bits per heavy atom. The van der Waals surface area contributed by atoms with Crippen molar-refractivity contribution >= 4 is 17.8 Å². The van der Waals surface area contributed by atoms with E-state index in [9.17, 15) is 19.3 Å². The maximum absolute atomic E-state index is 13.8. The fourth-order valence-electron chi connectivity index (χ4n) is 4.37. The summed E-state index contributed by atoms with van der Waals surface area (Å²) in [6, 6.07) is 25.1. The summed E-state index contributed by atoms with van der Waals surface area (Å²) in [4.78, 5) is 23.4. The van der Waals surface area contributed by atoms with Crippen LogP contribution in [0.1, 0.15) is 38.8 Å². The molecule has 0 bridgehead atoms. The normalized spacial score (nSPS) is 11.0. The minimum atomic E-state index is -0.614. The lowest BCUT2D eigenvalue weighted by atomic mass is 10.2. The molecule has 0 fully saturated rings. The van der Waals surface area contributed by atoms with Gasteiger partial charge in [0.15, 0.2) is 11.5 Å². The smallest absolute Gasteiger partial charge is 0.311 e. The Morgan fingerprint density at radius 1 is 0.977 bits per heavy atom. The van der Waals surface area contributed by atoms with E-state index in [2.05, 4.69) is 27.2 Å². The third-order valence-corrected chi connectivity index (χ3v) is 6.53. The van der Waals surface area contributed by atoms with Crippen LogP contribution in [0.15, 0.2) is 101 Å². The van der Waals surface area contributed by atoms with Gasteiger partial charge in [-0.1, -0.05) is 18.2 Å². The quantitative estimate of drug-likeness (QED) is 0.106. The minimum Gasteiger partial charge on any atom is -0.486 e. The number of hydrogen-bond acceptors (Lipinski definition) is 7. The van der Waals surface area contributed by atoms with Crippen molar-refractivity contribution in [2.45, 2.75) is 27.1 Å². The molecule has 2 aromatic heterocycles. The number of nitrogens with zero attached hydrogens (tertiary/aromatic N) is 3. The number of hydrazone groups is 1. The fraction of sp³-hybridized carbons (Fsp3) is 0.125. The number of carbonyl (C=O) groups is 1. The highest BCUT2D eigenvalue weighted by Gasteiger charge is 2.17. The molecule has 2 heterocycles. The Kier molecular flexibility index (Phi) is 8.61. The van der Waals surface area contributed by atoms with Crippen LogP contribution < -0.4 is 14.9 Å². The SMILES string of the molecule is Cc1ccc(C)n1-c1ccc(OCc2ccc(C(=O)N/N=C/c3ccc(OCc4ccccc4F)c([N+](=O)[O-])c3)o2)cc1. The van der Waals surface area contributed by atoms with Crippen molar-refractivity contribution in [1.29, 1.82) is 0 Å². The van der Waals surface area contributed by atoms with Crippen LogP contribution in [-0.2, 0) is 13.2 Å². The highest BCUT2D eigenvalue weighted by Crippen LogP contribution is 2.28. The van der Waals surface area contributed by atoms with E-state index in [4.69, 9.17) is 13.9 Å². The second-order valence-electron chi connectivity index (χ2n) is 9.56. The molecule has 0 spiro atoms. The Labute approximate surface area is 246 Å². The maximum Gasteiger partial charge on any atom is 0.311 e. The van der Waals surface area contributed by atoms with Gasteiger partial charge in [-0.05, 0) is 80.6 Å². The molecule has 3 aromatic carbocycles. The second-order valence-corrected chi connectivity index (χ2v) is 9.56. The van der Waals surface area contributed by atoms with Gasteiger partial charge in [-0.25, -0.2) is 9.82 Å². The van der Waals surface area contributed by atoms with Crippen molar-refractivity contribution in [3.05, 3.63) is 141 Å². The number of amides is 1. The summed E-state index contributed by atoms with van der Waals surface area (Å²) in [5.41, 5.74) is 5.92. The number of halogens is 1. The van der Waals surface area contributed by atoms with Gasteiger partial charge in [0.05, 0.1) is 11.1 Å². The largest absolute Gasteiger partial charge is 0.486 e. The fourth-order valence-corrected chi connectivity index (χ4v) is 4.37. The third kappa shape index (κ3) is 6.96. The summed E-state index contributed by atoms with van der Waals surface area (Å²) in [6.07, 6.45) is 1.25. The average molecular weight is 583 g/mol. The summed E-state index contributed by atoms with van der Waals surface area (Å²) >= 11 is 0. The van der Waals surface area contributed by atoms with Crippen LogP contribution >= 0.6 is 0 Å². The summed E-state index contributed by atoms with van der Waals surface area (Å²) in [5, 5.41) is 15.4. The lowest BCUT2D eigenvalue weighted by Crippen LogP contribution is -2.16. The van der Waals surface area contributed by atoms with Gasteiger partial charge in [-0.2, -0.15) is 5.10 Å². The van der Waals surface area contributed by atoms with Crippen LogP contribution in [0.4, 0.5) is 10.1 Å². The molecule has 0 radical (unpaired) electrons. The molecule has 1 amide bonds. The molecule has 218 valence electrons. The van der Waals surface area contributed by atoms with Crippen molar-refractivity contribution in [3.63, 3.8) is 0 Å². The number of nitro groups is 1. The molecule has 0 aliphatic rings. The predicted octanol–water partition coefficient (Wildman–Crippen LogP) is 6.66. The number of nitro benzene ring substituents is 1. The second kappa shape index (κ2) is 12.9. The number of benzene rings is 3. The molecule has 10 nitrogen and oxygen atoms in total. The number of aromatic nitrogens is 1. The van der Waals surface area contributed by atoms with Crippen molar-refractivity contribution < 1.29 is 28.0 Å². The van der Waals surface area contributed by atoms with Gasteiger partial charge in [0.1, 0.15) is 30.5 Å². The van der Waals surface area contributed by atoms with Crippen LogP contribution in [0, 0.1) is 29.8 Å². The number of hydrogen-bond donors (Lipinski definition) is 1. The first kappa shape index (κ1) is 28.8. The zero-order chi connectivity index (χ0) is 30.3. The van der Waals surface area contributed by atoms with Crippen LogP contribution in [-0.4, -0.2) is 21.6 Å². The van der Waals surface area contributed by atoms with E-state index in [-0.39, 0.29) is 36.0 Å². The standard InChI is InChI=1S/C32H27FN4O6/c1-21-7-8-22(2)36(21)25-10-12-26(13-11-25)41-20-27-14-16-31(43-27)32(38)35-34-18-23-9-15-30(29(17-23)37(39)40)42-19-24-5-3-4-6-28(24)33/h3-18H,19-20H2,1-2H3,(H,35,38)/b34-18+. The van der Waals surface area contributed by atoms with Crippen LogP contribution in [0.2, 0.25) is 0 Å². The monoisotopic (exact) mass is 582 g/mol. The molecule has 5 rings (SSSR count). The Bertz CT molecular complexity index is 1770. The molecule has 5 aromatic rings. The van der Waals surface area contributed by atoms with Crippen molar-refractivity contribution in [2.75, 3.05) is 0 Å². The molecule has 11 heteroatoms. The van der Waals surface area contributed by atoms with Gasteiger partial charge in [-0.3, -0.25) is 14.9 Å². The van der Waals surface area contributed by atoms with E-state index >= 15 is 0 Å². The number of ether oxygens (including phenoxy) is 2. The molecule has 0 aliphatic carbocycles. The van der Waals surface area contributed by atoms with Crippen molar-refractivity contribution in [2.24, 2.45) is 5.10 Å². The van der Waals surface area contributed by atoms with Gasteiger partial charge >= 0.3 is 11.6 Å².